The van der Waals surface area contributed by atoms with Gasteiger partial charge in [-0.3, -0.25) is 0 Å². The van der Waals surface area contributed by atoms with Gasteiger partial charge < -0.3 is 0 Å². The molecular formula is C20H24. The average molecular weight is 264 g/mol. The van der Waals surface area contributed by atoms with Crippen LogP contribution >= 0.6 is 0 Å². The van der Waals surface area contributed by atoms with Crippen LogP contribution in [0.4, 0.5) is 0 Å². The molecule has 1 aromatic carbocycles. The molecule has 104 valence electrons. The van der Waals surface area contributed by atoms with Crippen molar-refractivity contribution in [2.45, 2.75) is 51.9 Å². The maximum absolute atomic E-state index is 2.41. The van der Waals surface area contributed by atoms with Crippen LogP contribution in [0.3, 0.4) is 0 Å². The van der Waals surface area contributed by atoms with Crippen molar-refractivity contribution in [2.24, 2.45) is 0 Å². The number of unbranched alkanes of at least 4 members (excludes halogenated alkanes) is 3. The normalized spacial score (nSPS) is 16.8. The van der Waals surface area contributed by atoms with Gasteiger partial charge in [0.15, 0.2) is 0 Å². The molecule has 0 atom stereocenters. The van der Waals surface area contributed by atoms with Gasteiger partial charge in [0.05, 0.1) is 0 Å². The van der Waals surface area contributed by atoms with Gasteiger partial charge in [0.25, 0.3) is 0 Å². The molecule has 0 saturated carbocycles. The summed E-state index contributed by atoms with van der Waals surface area (Å²) in [5.74, 6) is 0. The van der Waals surface area contributed by atoms with Crippen LogP contribution in [0.5, 0.6) is 0 Å². The molecule has 2 aliphatic carbocycles. The van der Waals surface area contributed by atoms with Crippen LogP contribution in [-0.4, -0.2) is 0 Å². The monoisotopic (exact) mass is 264 g/mol. The summed E-state index contributed by atoms with van der Waals surface area (Å²) in [6.45, 7) is 2.28. The number of allylic oxidation sites excluding steroid dienone is 5. The van der Waals surface area contributed by atoms with Crippen LogP contribution in [0.25, 0.3) is 6.08 Å². The van der Waals surface area contributed by atoms with Crippen LogP contribution in [-0.2, 0) is 6.42 Å². The summed E-state index contributed by atoms with van der Waals surface area (Å²) in [5, 5.41) is 0. The highest BCUT2D eigenvalue weighted by Gasteiger charge is 2.18. The van der Waals surface area contributed by atoms with E-state index in [1.807, 2.05) is 0 Å². The van der Waals surface area contributed by atoms with Crippen LogP contribution in [0.2, 0.25) is 0 Å². The van der Waals surface area contributed by atoms with E-state index in [4.69, 9.17) is 0 Å². The molecule has 3 rings (SSSR count). The van der Waals surface area contributed by atoms with E-state index >= 15 is 0 Å². The molecule has 1 aromatic rings. The Hall–Kier alpha value is -1.56. The Morgan fingerprint density at radius 1 is 1.05 bits per heavy atom. The summed E-state index contributed by atoms with van der Waals surface area (Å²) >= 11 is 0. The van der Waals surface area contributed by atoms with Crippen molar-refractivity contribution < 1.29 is 0 Å². The second-order valence-corrected chi connectivity index (χ2v) is 5.97. The molecule has 0 aliphatic heterocycles. The fourth-order valence-electron chi connectivity index (χ4n) is 3.34. The standard InChI is InChI=1S/C20H24/c1-2-3-4-5-9-16-12-8-13-20(16)19-14-17-10-6-7-11-18(17)15-19/h6-8,10-12,14H,2-5,9,13,15H2,1H3. The molecule has 0 radical (unpaired) electrons. The maximum atomic E-state index is 2.41. The summed E-state index contributed by atoms with van der Waals surface area (Å²) in [6.07, 6.45) is 16.1. The van der Waals surface area contributed by atoms with E-state index in [9.17, 15) is 0 Å². The van der Waals surface area contributed by atoms with Gasteiger partial charge in [-0.2, -0.15) is 0 Å². The largest absolute Gasteiger partial charge is 0.0798 e. The minimum Gasteiger partial charge on any atom is -0.0798 e. The molecule has 0 fully saturated rings. The van der Waals surface area contributed by atoms with Gasteiger partial charge >= 0.3 is 0 Å². The first-order chi connectivity index (χ1) is 9.88. The Bertz CT molecular complexity index is 569. The zero-order chi connectivity index (χ0) is 13.8. The molecule has 0 saturated heterocycles. The summed E-state index contributed by atoms with van der Waals surface area (Å²) in [7, 11) is 0. The number of hydrogen-bond donors (Lipinski definition) is 0. The third-order valence-electron chi connectivity index (χ3n) is 4.48. The third kappa shape index (κ3) is 2.80. The highest BCUT2D eigenvalue weighted by Crippen LogP contribution is 2.36. The van der Waals surface area contributed by atoms with Crippen LogP contribution < -0.4 is 0 Å². The number of benzene rings is 1. The van der Waals surface area contributed by atoms with Gasteiger partial charge in [0.1, 0.15) is 0 Å². The zero-order valence-corrected chi connectivity index (χ0v) is 12.5. The van der Waals surface area contributed by atoms with E-state index in [0.717, 1.165) is 12.8 Å². The first kappa shape index (κ1) is 13.4. The molecule has 0 nitrogen and oxygen atoms in total. The number of fused-ring (bicyclic) bond motifs is 1. The van der Waals surface area contributed by atoms with E-state index in [0.29, 0.717) is 0 Å². The van der Waals surface area contributed by atoms with Crippen molar-refractivity contribution in [1.82, 2.24) is 0 Å². The lowest BCUT2D eigenvalue weighted by Gasteiger charge is -2.09. The molecule has 20 heavy (non-hydrogen) atoms. The lowest BCUT2D eigenvalue weighted by Crippen LogP contribution is -1.92. The second kappa shape index (κ2) is 6.26. The number of rotatable bonds is 6. The lowest BCUT2D eigenvalue weighted by molar-refractivity contribution is 0.667. The van der Waals surface area contributed by atoms with Crippen molar-refractivity contribution in [1.29, 1.82) is 0 Å². The molecule has 2 aliphatic rings. The quantitative estimate of drug-likeness (QED) is 0.565. The van der Waals surface area contributed by atoms with Gasteiger partial charge in [-0.1, -0.05) is 68.7 Å². The zero-order valence-electron chi connectivity index (χ0n) is 12.5. The highest BCUT2D eigenvalue weighted by atomic mass is 14.2. The van der Waals surface area contributed by atoms with Crippen LogP contribution in [0.15, 0.2) is 53.1 Å². The van der Waals surface area contributed by atoms with E-state index < -0.39 is 0 Å². The molecule has 0 heterocycles. The van der Waals surface area contributed by atoms with Crippen molar-refractivity contribution in [2.75, 3.05) is 0 Å². The highest BCUT2D eigenvalue weighted by molar-refractivity contribution is 5.70. The average Bonchev–Trinajstić information content (AvgIpc) is 3.09. The second-order valence-electron chi connectivity index (χ2n) is 5.97. The Balaban J connectivity index is 1.70. The summed E-state index contributed by atoms with van der Waals surface area (Å²) in [5.41, 5.74) is 7.68. The van der Waals surface area contributed by atoms with Crippen molar-refractivity contribution in [3.63, 3.8) is 0 Å². The predicted molar refractivity (Wildman–Crippen MR) is 87.7 cm³/mol. The van der Waals surface area contributed by atoms with E-state index in [1.165, 1.54) is 43.2 Å². The van der Waals surface area contributed by atoms with Gasteiger partial charge in [-0.15, -0.1) is 0 Å². The first-order valence-corrected chi connectivity index (χ1v) is 8.06. The van der Waals surface area contributed by atoms with Gasteiger partial charge in [0, 0.05) is 0 Å². The smallest absolute Gasteiger partial charge is 0.00167 e. The predicted octanol–water partition coefficient (Wildman–Crippen LogP) is 5.85. The minimum atomic E-state index is 1.13. The molecule has 0 amide bonds. The molecule has 0 aromatic heterocycles. The van der Waals surface area contributed by atoms with Gasteiger partial charge in [-0.05, 0) is 53.5 Å². The fourth-order valence-corrected chi connectivity index (χ4v) is 3.34. The third-order valence-corrected chi connectivity index (χ3v) is 4.48. The van der Waals surface area contributed by atoms with Crippen molar-refractivity contribution in [3.8, 4) is 0 Å². The van der Waals surface area contributed by atoms with Gasteiger partial charge in [-0.25, -0.2) is 0 Å². The van der Waals surface area contributed by atoms with Crippen LogP contribution in [0, 0.1) is 0 Å². The van der Waals surface area contributed by atoms with E-state index in [2.05, 4.69) is 49.4 Å². The molecule has 0 spiro atoms. The Kier molecular flexibility index (Phi) is 4.20. The molecule has 0 heteroatoms. The first-order valence-electron chi connectivity index (χ1n) is 8.06. The van der Waals surface area contributed by atoms with Gasteiger partial charge in [0.2, 0.25) is 0 Å². The van der Waals surface area contributed by atoms with E-state index in [1.54, 1.807) is 16.7 Å². The molecule has 0 N–H and O–H groups in total. The van der Waals surface area contributed by atoms with Crippen molar-refractivity contribution in [3.05, 3.63) is 64.3 Å². The fraction of sp³-hybridized carbons (Fsp3) is 0.400. The Morgan fingerprint density at radius 2 is 1.95 bits per heavy atom. The summed E-state index contributed by atoms with van der Waals surface area (Å²) in [4.78, 5) is 0. The van der Waals surface area contributed by atoms with Crippen LogP contribution in [0.1, 0.15) is 56.6 Å². The SMILES string of the molecule is CCCCCCC1=C(C2=Cc3ccccc3C2)CC=C1. The Labute approximate surface area is 122 Å². The summed E-state index contributed by atoms with van der Waals surface area (Å²) in [6, 6.07) is 8.81. The van der Waals surface area contributed by atoms with E-state index in [-0.39, 0.29) is 0 Å². The molecular weight excluding hydrogens is 240 g/mol. The summed E-state index contributed by atoms with van der Waals surface area (Å²) < 4.78 is 0. The minimum absolute atomic E-state index is 1.13. The molecule has 0 unspecified atom stereocenters. The maximum Gasteiger partial charge on any atom is -0.00167 e. The van der Waals surface area contributed by atoms with Crippen molar-refractivity contribution >= 4 is 6.08 Å². The number of hydrogen-bond acceptors (Lipinski definition) is 0. The Morgan fingerprint density at radius 3 is 2.80 bits per heavy atom. The lowest BCUT2D eigenvalue weighted by atomic mass is 9.96. The topological polar surface area (TPSA) is 0 Å². The molecule has 0 bridgehead atoms.